The Morgan fingerprint density at radius 3 is 2.47 bits per heavy atom. The predicted octanol–water partition coefficient (Wildman–Crippen LogP) is 4.33. The third-order valence-electron chi connectivity index (χ3n) is 5.78. The maximum Gasteiger partial charge on any atom is 0.240 e. The Morgan fingerprint density at radius 2 is 1.74 bits per heavy atom. The molecule has 2 aromatic carbocycles. The molecule has 1 atom stereocenters. The Hall–Kier alpha value is -3.49. The van der Waals surface area contributed by atoms with Crippen LogP contribution in [0.3, 0.4) is 0 Å². The standard InChI is InChI=1S/C26H25N5O2S/c1-19-8-5-6-12-22(19)31-24(21-11-7-13-27-18-21)28-29-26(31)34-23(20-9-3-2-4-10-20)25(32)30-14-16-33-17-15-30/h2-13,18,23H,14-17H2,1H3/t23-/m0/s1. The summed E-state index contributed by atoms with van der Waals surface area (Å²) in [7, 11) is 0. The molecular formula is C26H25N5O2S. The van der Waals surface area contributed by atoms with Crippen LogP contribution in [-0.4, -0.2) is 56.9 Å². The number of aromatic nitrogens is 4. The summed E-state index contributed by atoms with van der Waals surface area (Å²) in [5.41, 5.74) is 3.86. The summed E-state index contributed by atoms with van der Waals surface area (Å²) >= 11 is 1.43. The van der Waals surface area contributed by atoms with E-state index in [1.54, 1.807) is 12.4 Å². The number of amides is 1. The van der Waals surface area contributed by atoms with Gasteiger partial charge in [-0.15, -0.1) is 10.2 Å². The van der Waals surface area contributed by atoms with Crippen LogP contribution in [0.4, 0.5) is 0 Å². The van der Waals surface area contributed by atoms with Crippen molar-refractivity contribution in [1.29, 1.82) is 0 Å². The van der Waals surface area contributed by atoms with Crippen LogP contribution in [0.25, 0.3) is 17.1 Å². The van der Waals surface area contributed by atoms with Crippen LogP contribution in [0.2, 0.25) is 0 Å². The van der Waals surface area contributed by atoms with Gasteiger partial charge in [0.05, 0.1) is 18.9 Å². The molecule has 0 bridgehead atoms. The largest absolute Gasteiger partial charge is 0.378 e. The lowest BCUT2D eigenvalue weighted by Gasteiger charge is -2.30. The molecule has 0 radical (unpaired) electrons. The molecule has 0 N–H and O–H groups in total. The number of carbonyl (C=O) groups is 1. The number of ether oxygens (including phenoxy) is 1. The van der Waals surface area contributed by atoms with Crippen LogP contribution < -0.4 is 0 Å². The predicted molar refractivity (Wildman–Crippen MR) is 132 cm³/mol. The van der Waals surface area contributed by atoms with Gasteiger partial charge in [-0.3, -0.25) is 14.3 Å². The molecule has 172 valence electrons. The van der Waals surface area contributed by atoms with E-state index in [1.807, 2.05) is 70.1 Å². The molecule has 1 aliphatic rings. The van der Waals surface area contributed by atoms with Crippen molar-refractivity contribution in [3.8, 4) is 17.1 Å². The number of nitrogens with zero attached hydrogens (tertiary/aromatic N) is 5. The molecule has 8 heteroatoms. The van der Waals surface area contributed by atoms with Crippen molar-refractivity contribution in [3.05, 3.63) is 90.3 Å². The number of hydrogen-bond acceptors (Lipinski definition) is 6. The van der Waals surface area contributed by atoms with E-state index in [-0.39, 0.29) is 5.91 Å². The molecule has 0 aliphatic carbocycles. The lowest BCUT2D eigenvalue weighted by Crippen LogP contribution is -2.42. The smallest absolute Gasteiger partial charge is 0.240 e. The molecule has 4 aromatic rings. The molecule has 5 rings (SSSR count). The normalized spacial score (nSPS) is 14.7. The van der Waals surface area contributed by atoms with Gasteiger partial charge >= 0.3 is 0 Å². The lowest BCUT2D eigenvalue weighted by molar-refractivity contribution is -0.134. The molecular weight excluding hydrogens is 446 g/mol. The van der Waals surface area contributed by atoms with Gasteiger partial charge in [0.15, 0.2) is 11.0 Å². The summed E-state index contributed by atoms with van der Waals surface area (Å²) in [4.78, 5) is 19.8. The zero-order chi connectivity index (χ0) is 23.3. The number of carbonyl (C=O) groups excluding carboxylic acids is 1. The highest BCUT2D eigenvalue weighted by atomic mass is 32.2. The fourth-order valence-corrected chi connectivity index (χ4v) is 5.14. The lowest BCUT2D eigenvalue weighted by atomic mass is 10.1. The first-order valence-electron chi connectivity index (χ1n) is 11.2. The number of benzene rings is 2. The van der Waals surface area contributed by atoms with Crippen molar-refractivity contribution in [2.45, 2.75) is 17.3 Å². The summed E-state index contributed by atoms with van der Waals surface area (Å²) in [6, 6.07) is 21.8. The van der Waals surface area contributed by atoms with Gasteiger partial charge in [0.1, 0.15) is 5.25 Å². The van der Waals surface area contributed by atoms with Crippen molar-refractivity contribution < 1.29 is 9.53 Å². The molecule has 3 heterocycles. The van der Waals surface area contributed by atoms with E-state index in [0.717, 1.165) is 22.4 Å². The van der Waals surface area contributed by atoms with E-state index in [4.69, 9.17) is 4.74 Å². The van der Waals surface area contributed by atoms with Gasteiger partial charge < -0.3 is 9.64 Å². The quantitative estimate of drug-likeness (QED) is 0.390. The zero-order valence-electron chi connectivity index (χ0n) is 18.9. The summed E-state index contributed by atoms with van der Waals surface area (Å²) in [6.07, 6.45) is 3.51. The van der Waals surface area contributed by atoms with Gasteiger partial charge in [-0.05, 0) is 36.2 Å². The molecule has 1 fully saturated rings. The third kappa shape index (κ3) is 4.60. The second-order valence-corrected chi connectivity index (χ2v) is 9.09. The highest BCUT2D eigenvalue weighted by Gasteiger charge is 2.31. The minimum absolute atomic E-state index is 0.0572. The third-order valence-corrected chi connectivity index (χ3v) is 6.97. The van der Waals surface area contributed by atoms with Crippen LogP contribution in [-0.2, 0) is 9.53 Å². The molecule has 0 saturated carbocycles. The van der Waals surface area contributed by atoms with Crippen LogP contribution in [0.1, 0.15) is 16.4 Å². The number of pyridine rings is 1. The average Bonchev–Trinajstić information content (AvgIpc) is 3.32. The van der Waals surface area contributed by atoms with E-state index in [1.165, 1.54) is 11.8 Å². The van der Waals surface area contributed by atoms with Gasteiger partial charge in [-0.25, -0.2) is 0 Å². The first kappa shape index (κ1) is 22.3. The molecule has 34 heavy (non-hydrogen) atoms. The Labute approximate surface area is 202 Å². The minimum atomic E-state index is -0.451. The number of morpholine rings is 1. The fourth-order valence-electron chi connectivity index (χ4n) is 4.00. The van der Waals surface area contributed by atoms with E-state index in [9.17, 15) is 4.79 Å². The van der Waals surface area contributed by atoms with E-state index >= 15 is 0 Å². The number of thioether (sulfide) groups is 1. The Bertz CT molecular complexity index is 1260. The summed E-state index contributed by atoms with van der Waals surface area (Å²) in [5.74, 6) is 0.747. The Balaban J connectivity index is 1.59. The van der Waals surface area contributed by atoms with Gasteiger partial charge in [0.2, 0.25) is 5.91 Å². The Morgan fingerprint density at radius 1 is 0.971 bits per heavy atom. The van der Waals surface area contributed by atoms with Gasteiger partial charge in [-0.2, -0.15) is 0 Å². The summed E-state index contributed by atoms with van der Waals surface area (Å²) in [6.45, 7) is 4.36. The van der Waals surface area contributed by atoms with Crippen molar-refractivity contribution >= 4 is 17.7 Å². The SMILES string of the molecule is Cc1ccccc1-n1c(S[C@H](C(=O)N2CCOCC2)c2ccccc2)nnc1-c1cccnc1. The molecule has 1 amide bonds. The first-order valence-corrected chi connectivity index (χ1v) is 12.1. The molecule has 0 unspecified atom stereocenters. The number of rotatable bonds is 6. The van der Waals surface area contributed by atoms with Crippen molar-refractivity contribution in [2.24, 2.45) is 0 Å². The van der Waals surface area contributed by atoms with E-state index in [2.05, 4.69) is 28.2 Å². The van der Waals surface area contributed by atoms with Gasteiger partial charge in [0, 0.05) is 31.0 Å². The maximum atomic E-state index is 13.7. The second-order valence-electron chi connectivity index (χ2n) is 8.02. The monoisotopic (exact) mass is 471 g/mol. The second kappa shape index (κ2) is 10.2. The Kier molecular flexibility index (Phi) is 6.69. The van der Waals surface area contributed by atoms with Crippen molar-refractivity contribution in [1.82, 2.24) is 24.6 Å². The van der Waals surface area contributed by atoms with Crippen LogP contribution in [0, 0.1) is 6.92 Å². The van der Waals surface area contributed by atoms with Crippen LogP contribution in [0.5, 0.6) is 0 Å². The first-order chi connectivity index (χ1) is 16.7. The topological polar surface area (TPSA) is 73.1 Å². The van der Waals surface area contributed by atoms with E-state index < -0.39 is 5.25 Å². The fraction of sp³-hybridized carbons (Fsp3) is 0.231. The number of aryl methyl sites for hydroxylation is 1. The number of hydrogen-bond donors (Lipinski definition) is 0. The maximum absolute atomic E-state index is 13.7. The molecule has 1 aliphatic heterocycles. The molecule has 1 saturated heterocycles. The molecule has 7 nitrogen and oxygen atoms in total. The zero-order valence-corrected chi connectivity index (χ0v) is 19.7. The highest BCUT2D eigenvalue weighted by molar-refractivity contribution is 8.00. The summed E-state index contributed by atoms with van der Waals surface area (Å²) < 4.78 is 7.49. The highest BCUT2D eigenvalue weighted by Crippen LogP contribution is 2.39. The minimum Gasteiger partial charge on any atom is -0.378 e. The molecule has 0 spiro atoms. The van der Waals surface area contributed by atoms with Gasteiger partial charge in [0.25, 0.3) is 0 Å². The molecule has 2 aromatic heterocycles. The van der Waals surface area contributed by atoms with Crippen LogP contribution in [0.15, 0.2) is 84.3 Å². The van der Waals surface area contributed by atoms with E-state index in [0.29, 0.717) is 37.3 Å². The van der Waals surface area contributed by atoms with Crippen molar-refractivity contribution in [3.63, 3.8) is 0 Å². The van der Waals surface area contributed by atoms with Crippen molar-refractivity contribution in [2.75, 3.05) is 26.3 Å². The van der Waals surface area contributed by atoms with Gasteiger partial charge in [-0.1, -0.05) is 60.3 Å². The average molecular weight is 472 g/mol. The summed E-state index contributed by atoms with van der Waals surface area (Å²) in [5, 5.41) is 9.29. The van der Waals surface area contributed by atoms with Crippen LogP contribution >= 0.6 is 11.8 Å². The number of para-hydroxylation sites is 1.